The highest BCUT2D eigenvalue weighted by Gasteiger charge is 2.10. The minimum absolute atomic E-state index is 0.855. The molecule has 6 aromatic carbocycles. The Labute approximate surface area is 276 Å². The number of benzene rings is 6. The van der Waals surface area contributed by atoms with E-state index in [4.69, 9.17) is 4.99 Å². The van der Waals surface area contributed by atoms with Gasteiger partial charge in [0.05, 0.1) is 5.70 Å². The smallest absolute Gasteiger partial charge is 0.0711 e. The van der Waals surface area contributed by atoms with E-state index in [1.54, 1.807) is 6.20 Å². The molecule has 0 aliphatic carbocycles. The third kappa shape index (κ3) is 6.63. The minimum atomic E-state index is 0.855. The van der Waals surface area contributed by atoms with Gasteiger partial charge in [-0.15, -0.1) is 0 Å². The van der Waals surface area contributed by atoms with Crippen molar-refractivity contribution < 1.29 is 0 Å². The van der Waals surface area contributed by atoms with Crippen LogP contribution in [0.5, 0.6) is 0 Å². The van der Waals surface area contributed by atoms with E-state index < -0.39 is 0 Å². The molecule has 0 aliphatic rings. The van der Waals surface area contributed by atoms with Crippen molar-refractivity contribution in [1.29, 1.82) is 0 Å². The summed E-state index contributed by atoms with van der Waals surface area (Å²) in [4.78, 5) is 9.54. The molecule has 224 valence electrons. The SMILES string of the molecule is C=C(/C=C(\N=C(C)c1cccc(-c2cccc3ccccc23)c1)c1ccc(-c2cccnc2)cc1)c1ccc(-c2ccccc2)cc1. The van der Waals surface area contributed by atoms with Crippen LogP contribution in [0.1, 0.15) is 23.6 Å². The van der Waals surface area contributed by atoms with E-state index >= 15 is 0 Å². The molecule has 0 saturated heterocycles. The number of fused-ring (bicyclic) bond motifs is 1. The average Bonchev–Trinajstić information content (AvgIpc) is 3.15. The van der Waals surface area contributed by atoms with Crippen molar-refractivity contribution in [1.82, 2.24) is 4.98 Å². The van der Waals surface area contributed by atoms with Crippen LogP contribution >= 0.6 is 0 Å². The van der Waals surface area contributed by atoms with E-state index in [0.29, 0.717) is 0 Å². The monoisotopic (exact) mass is 602 g/mol. The summed E-state index contributed by atoms with van der Waals surface area (Å²) in [5.74, 6) is 0. The number of pyridine rings is 1. The zero-order valence-electron chi connectivity index (χ0n) is 26.3. The molecule has 0 radical (unpaired) electrons. The summed E-state index contributed by atoms with van der Waals surface area (Å²) in [5, 5.41) is 2.47. The molecule has 2 heteroatoms. The molecule has 1 heterocycles. The van der Waals surface area contributed by atoms with Crippen LogP contribution in [-0.2, 0) is 0 Å². The second-order valence-electron chi connectivity index (χ2n) is 11.6. The summed E-state index contributed by atoms with van der Waals surface area (Å²) >= 11 is 0. The number of hydrogen-bond donors (Lipinski definition) is 0. The molecule has 0 fully saturated rings. The summed E-state index contributed by atoms with van der Waals surface area (Å²) in [6, 6.07) is 55.2. The molecule has 0 bridgehead atoms. The second kappa shape index (κ2) is 13.5. The summed E-state index contributed by atoms with van der Waals surface area (Å²) in [5.41, 5.74) is 12.8. The van der Waals surface area contributed by atoms with Crippen molar-refractivity contribution in [2.24, 2.45) is 4.99 Å². The predicted octanol–water partition coefficient (Wildman–Crippen LogP) is 11.8. The summed E-state index contributed by atoms with van der Waals surface area (Å²) in [6.45, 7) is 6.55. The Hall–Kier alpha value is -6.12. The molecular weight excluding hydrogens is 569 g/mol. The first-order valence-electron chi connectivity index (χ1n) is 15.8. The number of nitrogens with zero attached hydrogens (tertiary/aromatic N) is 2. The van der Waals surface area contributed by atoms with Gasteiger partial charge in [0.1, 0.15) is 0 Å². The van der Waals surface area contributed by atoms with Gasteiger partial charge in [0.15, 0.2) is 0 Å². The van der Waals surface area contributed by atoms with Gasteiger partial charge in [-0.1, -0.05) is 152 Å². The molecule has 47 heavy (non-hydrogen) atoms. The van der Waals surface area contributed by atoms with Crippen LogP contribution in [0.4, 0.5) is 0 Å². The highest BCUT2D eigenvalue weighted by atomic mass is 14.8. The van der Waals surface area contributed by atoms with Gasteiger partial charge in [-0.2, -0.15) is 0 Å². The minimum Gasteiger partial charge on any atom is -0.264 e. The number of aromatic nitrogens is 1. The zero-order valence-corrected chi connectivity index (χ0v) is 26.3. The zero-order chi connectivity index (χ0) is 32.0. The Balaban J connectivity index is 1.26. The Morgan fingerprint density at radius 2 is 1.17 bits per heavy atom. The molecule has 0 unspecified atom stereocenters. The number of rotatable bonds is 8. The van der Waals surface area contributed by atoms with Gasteiger partial charge >= 0.3 is 0 Å². The van der Waals surface area contributed by atoms with E-state index in [-0.39, 0.29) is 0 Å². The van der Waals surface area contributed by atoms with Gasteiger partial charge < -0.3 is 0 Å². The van der Waals surface area contributed by atoms with Gasteiger partial charge in [0, 0.05) is 23.7 Å². The molecule has 1 aromatic heterocycles. The van der Waals surface area contributed by atoms with Crippen molar-refractivity contribution in [2.45, 2.75) is 6.92 Å². The van der Waals surface area contributed by atoms with Crippen molar-refractivity contribution in [3.63, 3.8) is 0 Å². The largest absolute Gasteiger partial charge is 0.264 e. The molecule has 0 aliphatic heterocycles. The maximum absolute atomic E-state index is 5.25. The highest BCUT2D eigenvalue weighted by Crippen LogP contribution is 2.31. The Morgan fingerprint density at radius 3 is 1.94 bits per heavy atom. The summed E-state index contributed by atoms with van der Waals surface area (Å²) < 4.78 is 0. The van der Waals surface area contributed by atoms with Crippen LogP contribution in [0.25, 0.3) is 55.4 Å². The number of hydrogen-bond acceptors (Lipinski definition) is 2. The number of aliphatic imine (C=N–C) groups is 1. The van der Waals surface area contributed by atoms with E-state index in [0.717, 1.165) is 44.8 Å². The first kappa shape index (κ1) is 29.6. The highest BCUT2D eigenvalue weighted by molar-refractivity contribution is 6.04. The maximum Gasteiger partial charge on any atom is 0.0711 e. The number of allylic oxidation sites excluding steroid dienone is 2. The first-order valence-corrected chi connectivity index (χ1v) is 15.8. The third-order valence-electron chi connectivity index (χ3n) is 8.52. The molecule has 0 amide bonds. The third-order valence-corrected chi connectivity index (χ3v) is 8.52. The van der Waals surface area contributed by atoms with Crippen LogP contribution in [0, 0.1) is 0 Å². The normalized spacial score (nSPS) is 11.9. The fraction of sp³-hybridized carbons (Fsp3) is 0.0222. The quantitative estimate of drug-likeness (QED) is 0.125. The van der Waals surface area contributed by atoms with Crippen molar-refractivity contribution in [2.75, 3.05) is 0 Å². The van der Waals surface area contributed by atoms with Crippen LogP contribution in [0.2, 0.25) is 0 Å². The van der Waals surface area contributed by atoms with Gasteiger partial charge in [-0.05, 0) is 86.0 Å². The maximum atomic E-state index is 5.25. The van der Waals surface area contributed by atoms with Crippen molar-refractivity contribution >= 4 is 27.8 Å². The molecule has 2 nitrogen and oxygen atoms in total. The lowest BCUT2D eigenvalue weighted by molar-refractivity contribution is 1.33. The molecule has 0 atom stereocenters. The fourth-order valence-corrected chi connectivity index (χ4v) is 5.94. The Morgan fingerprint density at radius 1 is 0.553 bits per heavy atom. The van der Waals surface area contributed by atoms with Gasteiger partial charge in [0.2, 0.25) is 0 Å². The summed E-state index contributed by atoms with van der Waals surface area (Å²) in [7, 11) is 0. The molecule has 0 saturated carbocycles. The molecule has 0 spiro atoms. The molecule has 7 aromatic rings. The lowest BCUT2D eigenvalue weighted by Crippen LogP contribution is -1.97. The average molecular weight is 603 g/mol. The topological polar surface area (TPSA) is 25.2 Å². The van der Waals surface area contributed by atoms with Crippen LogP contribution in [0.3, 0.4) is 0 Å². The van der Waals surface area contributed by atoms with Gasteiger partial charge in [0.25, 0.3) is 0 Å². The fourth-order valence-electron chi connectivity index (χ4n) is 5.94. The molecule has 0 N–H and O–H groups in total. The van der Waals surface area contributed by atoms with E-state index in [2.05, 4.69) is 170 Å². The van der Waals surface area contributed by atoms with Crippen LogP contribution in [-0.4, -0.2) is 10.7 Å². The van der Waals surface area contributed by atoms with Crippen LogP contribution in [0.15, 0.2) is 188 Å². The van der Waals surface area contributed by atoms with E-state index in [9.17, 15) is 0 Å². The first-order chi connectivity index (χ1) is 23.1. The van der Waals surface area contributed by atoms with Crippen LogP contribution < -0.4 is 0 Å². The predicted molar refractivity (Wildman–Crippen MR) is 200 cm³/mol. The lowest BCUT2D eigenvalue weighted by atomic mass is 9.96. The van der Waals surface area contributed by atoms with Gasteiger partial charge in [-0.25, -0.2) is 0 Å². The molecule has 7 rings (SSSR count). The standard InChI is InChI=1S/C45H34N2/c1-32(34-20-22-36(23-21-34)35-11-4-3-5-12-35)29-45(39-26-24-37(25-27-39)42-17-10-28-46-31-42)47-33(2)40-15-8-16-41(30-40)44-19-9-14-38-13-6-7-18-43(38)44/h3-31H,1H2,2H3/b45-29-,47-33?. The Kier molecular flexibility index (Phi) is 8.48. The van der Waals surface area contributed by atoms with E-state index in [1.165, 1.54) is 33.0 Å². The lowest BCUT2D eigenvalue weighted by Gasteiger charge is -2.11. The molecular formula is C45H34N2. The van der Waals surface area contributed by atoms with Crippen molar-refractivity contribution in [3.8, 4) is 33.4 Å². The van der Waals surface area contributed by atoms with Crippen molar-refractivity contribution in [3.05, 3.63) is 199 Å². The van der Waals surface area contributed by atoms with E-state index in [1.807, 2.05) is 18.3 Å². The Bertz CT molecular complexity index is 2220. The second-order valence-corrected chi connectivity index (χ2v) is 11.6. The summed E-state index contributed by atoms with van der Waals surface area (Å²) in [6.07, 6.45) is 5.77. The van der Waals surface area contributed by atoms with Gasteiger partial charge in [-0.3, -0.25) is 9.98 Å².